The van der Waals surface area contributed by atoms with Gasteiger partial charge in [-0.25, -0.2) is 0 Å². The molecule has 2 heteroatoms. The lowest BCUT2D eigenvalue weighted by atomic mass is 10.2. The maximum absolute atomic E-state index is 9.78. The zero-order valence-electron chi connectivity index (χ0n) is 5.67. The van der Waals surface area contributed by atoms with Crippen molar-refractivity contribution >= 4 is 6.47 Å². The van der Waals surface area contributed by atoms with Crippen LogP contribution in [0.2, 0.25) is 0 Å². The average molecular weight is 128 g/mol. The van der Waals surface area contributed by atoms with Gasteiger partial charge in [0.25, 0.3) is 6.47 Å². The molecule has 0 radical (unpaired) electrons. The van der Waals surface area contributed by atoms with Gasteiger partial charge in [-0.2, -0.15) is 0 Å². The molecular formula is C7H12O2. The van der Waals surface area contributed by atoms with Crippen LogP contribution in [0.4, 0.5) is 0 Å². The van der Waals surface area contributed by atoms with Crippen molar-refractivity contribution in [1.29, 1.82) is 0 Å². The lowest BCUT2D eigenvalue weighted by Crippen LogP contribution is -1.93. The highest BCUT2D eigenvalue weighted by Crippen LogP contribution is 2.36. The molecule has 0 saturated heterocycles. The third kappa shape index (κ3) is 1.70. The van der Waals surface area contributed by atoms with Crippen molar-refractivity contribution in [3.8, 4) is 0 Å². The first-order chi connectivity index (χ1) is 4.38. The number of carbonyl (C=O) groups is 1. The number of rotatable bonds is 4. The number of ether oxygens (including phenoxy) is 1. The maximum atomic E-state index is 9.78. The Morgan fingerprint density at radius 1 is 1.78 bits per heavy atom. The summed E-state index contributed by atoms with van der Waals surface area (Å²) in [5, 5.41) is 0. The standard InChI is InChI=1S/C7H12O2/c1-2-3-6-4-7(6)9-5-8/h5-7H,2-4H2,1H3. The quantitative estimate of drug-likeness (QED) is 0.534. The summed E-state index contributed by atoms with van der Waals surface area (Å²) in [7, 11) is 0. The molecule has 1 aliphatic rings. The van der Waals surface area contributed by atoms with E-state index in [-0.39, 0.29) is 6.10 Å². The van der Waals surface area contributed by atoms with Gasteiger partial charge in [0, 0.05) is 0 Å². The normalized spacial score (nSPS) is 31.7. The van der Waals surface area contributed by atoms with Crippen molar-refractivity contribution in [3.63, 3.8) is 0 Å². The lowest BCUT2D eigenvalue weighted by Gasteiger charge is -1.92. The van der Waals surface area contributed by atoms with E-state index >= 15 is 0 Å². The first kappa shape index (κ1) is 6.59. The van der Waals surface area contributed by atoms with Crippen LogP contribution in [0.25, 0.3) is 0 Å². The Balaban J connectivity index is 2.02. The smallest absolute Gasteiger partial charge is 0.293 e. The molecule has 0 aliphatic heterocycles. The molecule has 1 saturated carbocycles. The molecule has 0 aromatic rings. The first-order valence-corrected chi connectivity index (χ1v) is 3.47. The fourth-order valence-corrected chi connectivity index (χ4v) is 1.13. The lowest BCUT2D eigenvalue weighted by molar-refractivity contribution is -0.130. The molecule has 0 aromatic heterocycles. The van der Waals surface area contributed by atoms with Gasteiger partial charge in [0.2, 0.25) is 0 Å². The van der Waals surface area contributed by atoms with Gasteiger partial charge >= 0.3 is 0 Å². The minimum atomic E-state index is 0.266. The van der Waals surface area contributed by atoms with Crippen LogP contribution in [0.3, 0.4) is 0 Å². The summed E-state index contributed by atoms with van der Waals surface area (Å²) in [5.41, 5.74) is 0. The van der Waals surface area contributed by atoms with Crippen molar-refractivity contribution in [3.05, 3.63) is 0 Å². The molecule has 1 aliphatic carbocycles. The highest BCUT2D eigenvalue weighted by Gasteiger charge is 2.37. The molecule has 2 atom stereocenters. The molecule has 0 N–H and O–H groups in total. The van der Waals surface area contributed by atoms with Crippen molar-refractivity contribution < 1.29 is 9.53 Å². The second-order valence-corrected chi connectivity index (χ2v) is 2.56. The number of hydrogen-bond donors (Lipinski definition) is 0. The summed E-state index contributed by atoms with van der Waals surface area (Å²) in [6.07, 6.45) is 3.76. The van der Waals surface area contributed by atoms with Crippen molar-refractivity contribution in [2.45, 2.75) is 32.3 Å². The zero-order chi connectivity index (χ0) is 6.69. The second kappa shape index (κ2) is 2.85. The Kier molecular flexibility index (Phi) is 2.09. The van der Waals surface area contributed by atoms with Crippen LogP contribution in [0.15, 0.2) is 0 Å². The van der Waals surface area contributed by atoms with Crippen molar-refractivity contribution in [2.75, 3.05) is 0 Å². The molecule has 0 bridgehead atoms. The molecule has 0 amide bonds. The molecular weight excluding hydrogens is 116 g/mol. The number of hydrogen-bond acceptors (Lipinski definition) is 2. The highest BCUT2D eigenvalue weighted by molar-refractivity contribution is 5.38. The summed E-state index contributed by atoms with van der Waals surface area (Å²) < 4.78 is 4.74. The SMILES string of the molecule is CCCC1CC1OC=O. The van der Waals surface area contributed by atoms with E-state index in [9.17, 15) is 4.79 Å². The summed E-state index contributed by atoms with van der Waals surface area (Å²) in [4.78, 5) is 9.78. The van der Waals surface area contributed by atoms with Crippen LogP contribution < -0.4 is 0 Å². The van der Waals surface area contributed by atoms with Gasteiger partial charge in [-0.15, -0.1) is 0 Å². The molecule has 2 unspecified atom stereocenters. The van der Waals surface area contributed by atoms with E-state index in [1.807, 2.05) is 0 Å². The van der Waals surface area contributed by atoms with E-state index in [2.05, 4.69) is 6.92 Å². The van der Waals surface area contributed by atoms with Crippen LogP contribution in [0, 0.1) is 5.92 Å². The van der Waals surface area contributed by atoms with Crippen LogP contribution >= 0.6 is 0 Å². The first-order valence-electron chi connectivity index (χ1n) is 3.47. The highest BCUT2D eigenvalue weighted by atomic mass is 16.5. The molecule has 0 spiro atoms. The zero-order valence-corrected chi connectivity index (χ0v) is 5.67. The predicted molar refractivity (Wildman–Crippen MR) is 34.0 cm³/mol. The molecule has 2 nitrogen and oxygen atoms in total. The van der Waals surface area contributed by atoms with Crippen LogP contribution in [0.1, 0.15) is 26.2 Å². The Hall–Kier alpha value is -0.530. The summed E-state index contributed by atoms with van der Waals surface area (Å²) >= 11 is 0. The van der Waals surface area contributed by atoms with Gasteiger partial charge in [0.05, 0.1) is 0 Å². The Bertz CT molecular complexity index is 101. The fourth-order valence-electron chi connectivity index (χ4n) is 1.13. The minimum Gasteiger partial charge on any atom is -0.464 e. The minimum absolute atomic E-state index is 0.266. The number of carbonyl (C=O) groups excluding carboxylic acids is 1. The Labute approximate surface area is 55.2 Å². The average Bonchev–Trinajstić information content (AvgIpc) is 2.50. The monoisotopic (exact) mass is 128 g/mol. The van der Waals surface area contributed by atoms with Crippen LogP contribution in [-0.2, 0) is 9.53 Å². The Morgan fingerprint density at radius 3 is 3.11 bits per heavy atom. The second-order valence-electron chi connectivity index (χ2n) is 2.56. The fraction of sp³-hybridized carbons (Fsp3) is 0.857. The van der Waals surface area contributed by atoms with Gasteiger partial charge in [-0.1, -0.05) is 13.3 Å². The van der Waals surface area contributed by atoms with E-state index in [4.69, 9.17) is 4.74 Å². The van der Waals surface area contributed by atoms with Gasteiger partial charge in [-0.05, 0) is 18.8 Å². The van der Waals surface area contributed by atoms with Gasteiger partial charge in [0.15, 0.2) is 0 Å². The molecule has 1 fully saturated rings. The van der Waals surface area contributed by atoms with Crippen molar-refractivity contribution in [2.24, 2.45) is 5.92 Å². The molecule has 0 aromatic carbocycles. The van der Waals surface area contributed by atoms with E-state index < -0.39 is 0 Å². The van der Waals surface area contributed by atoms with Gasteiger partial charge < -0.3 is 4.74 Å². The third-order valence-electron chi connectivity index (χ3n) is 1.75. The van der Waals surface area contributed by atoms with E-state index in [0.717, 1.165) is 6.42 Å². The summed E-state index contributed by atoms with van der Waals surface area (Å²) in [6, 6.07) is 0. The molecule has 9 heavy (non-hydrogen) atoms. The topological polar surface area (TPSA) is 26.3 Å². The van der Waals surface area contributed by atoms with Crippen LogP contribution in [-0.4, -0.2) is 12.6 Å². The van der Waals surface area contributed by atoms with E-state index in [1.165, 1.54) is 12.8 Å². The van der Waals surface area contributed by atoms with E-state index in [1.54, 1.807) is 0 Å². The largest absolute Gasteiger partial charge is 0.464 e. The van der Waals surface area contributed by atoms with Crippen LogP contribution in [0.5, 0.6) is 0 Å². The van der Waals surface area contributed by atoms with Gasteiger partial charge in [0.1, 0.15) is 6.10 Å². The third-order valence-corrected chi connectivity index (χ3v) is 1.75. The molecule has 0 heterocycles. The van der Waals surface area contributed by atoms with Gasteiger partial charge in [-0.3, -0.25) is 4.79 Å². The van der Waals surface area contributed by atoms with Crippen molar-refractivity contribution in [1.82, 2.24) is 0 Å². The maximum Gasteiger partial charge on any atom is 0.293 e. The Morgan fingerprint density at radius 2 is 2.56 bits per heavy atom. The van der Waals surface area contributed by atoms with E-state index in [0.29, 0.717) is 12.4 Å². The summed E-state index contributed by atoms with van der Waals surface area (Å²) in [6.45, 7) is 2.70. The molecule has 1 rings (SSSR count). The molecule has 52 valence electrons. The summed E-state index contributed by atoms with van der Waals surface area (Å²) in [5.74, 6) is 0.681. The predicted octanol–water partition coefficient (Wildman–Crippen LogP) is 1.35.